The summed E-state index contributed by atoms with van der Waals surface area (Å²) in [6.07, 6.45) is -1.44. The highest BCUT2D eigenvalue weighted by Crippen LogP contribution is 2.33. The van der Waals surface area contributed by atoms with Crippen molar-refractivity contribution in [2.75, 3.05) is 11.9 Å². The molecule has 1 aliphatic rings. The zero-order chi connectivity index (χ0) is 15.9. The van der Waals surface area contributed by atoms with E-state index >= 15 is 0 Å². The van der Waals surface area contributed by atoms with Gasteiger partial charge in [0.25, 0.3) is 5.91 Å². The lowest BCUT2D eigenvalue weighted by Crippen LogP contribution is -2.19. The molecule has 0 spiro atoms. The van der Waals surface area contributed by atoms with Crippen molar-refractivity contribution in [3.05, 3.63) is 53.2 Å². The summed E-state index contributed by atoms with van der Waals surface area (Å²) in [5.41, 5.74) is 5.52. The first-order valence-corrected chi connectivity index (χ1v) is 6.38. The van der Waals surface area contributed by atoms with Gasteiger partial charge in [0.2, 0.25) is 0 Å². The van der Waals surface area contributed by atoms with Gasteiger partial charge in [0.15, 0.2) is 0 Å². The van der Waals surface area contributed by atoms with E-state index in [4.69, 9.17) is 5.73 Å². The summed E-state index contributed by atoms with van der Waals surface area (Å²) < 4.78 is 39.9. The quantitative estimate of drug-likeness (QED) is 0.894. The van der Waals surface area contributed by atoms with E-state index in [0.29, 0.717) is 23.6 Å². The fraction of sp³-hybridized carbons (Fsp3) is 0.143. The molecule has 0 fully saturated rings. The lowest BCUT2D eigenvalue weighted by molar-refractivity contribution is -0.137. The van der Waals surface area contributed by atoms with Crippen LogP contribution < -0.4 is 11.1 Å². The van der Waals surface area contributed by atoms with Crippen molar-refractivity contribution in [2.24, 2.45) is 5.73 Å². The number of hydrogen-bond acceptors (Lipinski definition) is 3. The van der Waals surface area contributed by atoms with Crippen molar-refractivity contribution in [1.29, 1.82) is 0 Å². The standard InChI is InChI=1S/C14H11F3N4O/c15-14(16,17)9-3-1-2-8(6-9)11-4-5-19-13-10(12(18)22)7-20-21(11)13/h1-4,6-7,19H,5H2,(H2,18,22). The summed E-state index contributed by atoms with van der Waals surface area (Å²) in [5, 5.41) is 6.97. The number of nitrogens with two attached hydrogens (primary N) is 1. The first-order chi connectivity index (χ1) is 10.4. The Hall–Kier alpha value is -2.77. The number of carbonyl (C=O) groups excluding carboxylic acids is 1. The summed E-state index contributed by atoms with van der Waals surface area (Å²) in [6, 6.07) is 4.94. The van der Waals surface area contributed by atoms with Crippen molar-refractivity contribution < 1.29 is 18.0 Å². The van der Waals surface area contributed by atoms with E-state index in [1.54, 1.807) is 12.1 Å². The summed E-state index contributed by atoms with van der Waals surface area (Å²) in [4.78, 5) is 11.3. The molecule has 2 heterocycles. The Kier molecular flexibility index (Phi) is 3.16. The van der Waals surface area contributed by atoms with E-state index in [9.17, 15) is 18.0 Å². The van der Waals surface area contributed by atoms with Gasteiger partial charge in [-0.2, -0.15) is 18.3 Å². The Bertz CT molecular complexity index is 777. The first-order valence-electron chi connectivity index (χ1n) is 6.38. The van der Waals surface area contributed by atoms with Crippen LogP contribution in [0.4, 0.5) is 19.0 Å². The third-order valence-electron chi connectivity index (χ3n) is 3.31. The molecule has 5 nitrogen and oxygen atoms in total. The number of amides is 1. The van der Waals surface area contributed by atoms with Crippen LogP contribution in [-0.4, -0.2) is 22.2 Å². The number of anilines is 1. The third-order valence-corrected chi connectivity index (χ3v) is 3.31. The third kappa shape index (κ3) is 2.32. The Labute approximate surface area is 123 Å². The van der Waals surface area contributed by atoms with Gasteiger partial charge in [-0.05, 0) is 18.2 Å². The number of aromatic nitrogens is 2. The zero-order valence-electron chi connectivity index (χ0n) is 11.2. The molecule has 8 heteroatoms. The predicted molar refractivity (Wildman–Crippen MR) is 74.1 cm³/mol. The fourth-order valence-corrected chi connectivity index (χ4v) is 2.31. The number of alkyl halides is 3. The molecular formula is C14H11F3N4O. The highest BCUT2D eigenvalue weighted by molar-refractivity contribution is 5.98. The second-order valence-corrected chi connectivity index (χ2v) is 4.73. The summed E-state index contributed by atoms with van der Waals surface area (Å²) >= 11 is 0. The first kappa shape index (κ1) is 14.2. The SMILES string of the molecule is NC(=O)c1cnn2c1NCC=C2c1cccc(C(F)(F)F)c1. The summed E-state index contributed by atoms with van der Waals surface area (Å²) in [7, 11) is 0. The average Bonchev–Trinajstić information content (AvgIpc) is 2.90. The number of fused-ring (bicyclic) bond motifs is 1. The largest absolute Gasteiger partial charge is 0.416 e. The smallest absolute Gasteiger partial charge is 0.366 e. The lowest BCUT2D eigenvalue weighted by Gasteiger charge is -2.19. The van der Waals surface area contributed by atoms with Gasteiger partial charge < -0.3 is 11.1 Å². The highest BCUT2D eigenvalue weighted by Gasteiger charge is 2.31. The Balaban J connectivity index is 2.08. The minimum atomic E-state index is -4.42. The molecule has 22 heavy (non-hydrogen) atoms. The normalized spacial score (nSPS) is 14.0. The van der Waals surface area contributed by atoms with Gasteiger partial charge in [-0.25, -0.2) is 4.68 Å². The molecule has 2 aromatic rings. The molecule has 0 saturated carbocycles. The van der Waals surface area contributed by atoms with Crippen LogP contribution in [0, 0.1) is 0 Å². The van der Waals surface area contributed by atoms with Crippen LogP contribution in [-0.2, 0) is 6.18 Å². The Morgan fingerprint density at radius 3 is 2.82 bits per heavy atom. The van der Waals surface area contributed by atoms with E-state index in [1.165, 1.54) is 16.9 Å². The molecule has 114 valence electrons. The number of carbonyl (C=O) groups is 1. The summed E-state index contributed by atoms with van der Waals surface area (Å²) in [5.74, 6) is -0.276. The fourth-order valence-electron chi connectivity index (χ4n) is 2.31. The van der Waals surface area contributed by atoms with E-state index < -0.39 is 17.6 Å². The van der Waals surface area contributed by atoms with Crippen molar-refractivity contribution in [3.8, 4) is 0 Å². The van der Waals surface area contributed by atoms with Crippen LogP contribution in [0.2, 0.25) is 0 Å². The van der Waals surface area contributed by atoms with E-state index in [0.717, 1.165) is 12.1 Å². The van der Waals surface area contributed by atoms with E-state index in [-0.39, 0.29) is 5.56 Å². The molecule has 3 rings (SSSR count). The number of benzene rings is 1. The molecule has 1 aromatic heterocycles. The number of hydrogen-bond donors (Lipinski definition) is 2. The molecule has 1 aliphatic heterocycles. The van der Waals surface area contributed by atoms with Gasteiger partial charge >= 0.3 is 6.18 Å². The topological polar surface area (TPSA) is 72.9 Å². The Morgan fingerprint density at radius 2 is 2.14 bits per heavy atom. The number of rotatable bonds is 2. The molecular weight excluding hydrogens is 297 g/mol. The zero-order valence-corrected chi connectivity index (χ0v) is 11.2. The number of halogens is 3. The molecule has 3 N–H and O–H groups in total. The molecule has 0 atom stereocenters. The second kappa shape index (κ2) is 4.90. The van der Waals surface area contributed by atoms with Crippen LogP contribution in [0.15, 0.2) is 36.5 Å². The minimum Gasteiger partial charge on any atom is -0.366 e. The van der Waals surface area contributed by atoms with E-state index in [1.807, 2.05) is 0 Å². The van der Waals surface area contributed by atoms with Crippen LogP contribution in [0.5, 0.6) is 0 Å². The Morgan fingerprint density at radius 1 is 1.36 bits per heavy atom. The maximum Gasteiger partial charge on any atom is 0.416 e. The number of primary amides is 1. The molecule has 1 amide bonds. The van der Waals surface area contributed by atoms with Crippen LogP contribution >= 0.6 is 0 Å². The van der Waals surface area contributed by atoms with Gasteiger partial charge in [0.05, 0.1) is 17.5 Å². The van der Waals surface area contributed by atoms with Gasteiger partial charge in [0, 0.05) is 12.1 Å². The molecule has 0 aliphatic carbocycles. The maximum atomic E-state index is 12.8. The monoisotopic (exact) mass is 308 g/mol. The van der Waals surface area contributed by atoms with Crippen molar-refractivity contribution in [2.45, 2.75) is 6.18 Å². The summed E-state index contributed by atoms with van der Waals surface area (Å²) in [6.45, 7) is 0.359. The van der Waals surface area contributed by atoms with Gasteiger partial charge in [-0.3, -0.25) is 4.79 Å². The van der Waals surface area contributed by atoms with Crippen LogP contribution in [0.25, 0.3) is 5.70 Å². The number of nitrogens with one attached hydrogen (secondary N) is 1. The van der Waals surface area contributed by atoms with Crippen molar-refractivity contribution in [3.63, 3.8) is 0 Å². The van der Waals surface area contributed by atoms with Gasteiger partial charge in [0.1, 0.15) is 11.4 Å². The molecule has 0 saturated heterocycles. The molecule has 0 radical (unpaired) electrons. The maximum absolute atomic E-state index is 12.8. The van der Waals surface area contributed by atoms with Crippen LogP contribution in [0.1, 0.15) is 21.5 Å². The molecule has 0 bridgehead atoms. The lowest BCUT2D eigenvalue weighted by atomic mass is 10.1. The minimum absolute atomic E-state index is 0.192. The molecule has 1 aromatic carbocycles. The van der Waals surface area contributed by atoms with Gasteiger partial charge in [-0.1, -0.05) is 12.1 Å². The van der Waals surface area contributed by atoms with Crippen molar-refractivity contribution in [1.82, 2.24) is 9.78 Å². The highest BCUT2D eigenvalue weighted by atomic mass is 19.4. The predicted octanol–water partition coefficient (Wildman–Crippen LogP) is 2.32. The molecule has 0 unspecified atom stereocenters. The average molecular weight is 308 g/mol. The van der Waals surface area contributed by atoms with Gasteiger partial charge in [-0.15, -0.1) is 0 Å². The van der Waals surface area contributed by atoms with Crippen LogP contribution in [0.3, 0.4) is 0 Å². The number of nitrogens with zero attached hydrogens (tertiary/aromatic N) is 2. The van der Waals surface area contributed by atoms with Crippen molar-refractivity contribution >= 4 is 17.4 Å². The van der Waals surface area contributed by atoms with E-state index in [2.05, 4.69) is 10.4 Å². The second-order valence-electron chi connectivity index (χ2n) is 4.73.